The molecule has 0 atom stereocenters. The molecule has 2 N–H and O–H groups in total. The highest BCUT2D eigenvalue weighted by Gasteiger charge is 2.32. The maximum absolute atomic E-state index is 13.5. The number of ether oxygens (including phenoxy) is 1. The molecule has 0 saturated heterocycles. The van der Waals surface area contributed by atoms with Gasteiger partial charge >= 0.3 is 0 Å². The van der Waals surface area contributed by atoms with E-state index in [-0.39, 0.29) is 53.2 Å². The van der Waals surface area contributed by atoms with Gasteiger partial charge in [0, 0.05) is 58.2 Å². The Bertz CT molecular complexity index is 1450. The van der Waals surface area contributed by atoms with E-state index in [1.54, 1.807) is 68.4 Å². The molecule has 0 bridgehead atoms. The van der Waals surface area contributed by atoms with Gasteiger partial charge in [-0.2, -0.15) is 0 Å². The van der Waals surface area contributed by atoms with E-state index in [1.807, 2.05) is 0 Å². The molecule has 42 heavy (non-hydrogen) atoms. The number of halogens is 1. The fourth-order valence-electron chi connectivity index (χ4n) is 5.02. The third-order valence-electron chi connectivity index (χ3n) is 7.48. The largest absolute Gasteiger partial charge is 0.449 e. The Morgan fingerprint density at radius 2 is 1.74 bits per heavy atom. The summed E-state index contributed by atoms with van der Waals surface area (Å²) in [7, 11) is 6.75. The van der Waals surface area contributed by atoms with Gasteiger partial charge in [0.25, 0.3) is 5.91 Å². The second-order valence-electron chi connectivity index (χ2n) is 10.7. The van der Waals surface area contributed by atoms with Crippen molar-refractivity contribution >= 4 is 57.7 Å². The number of pyridine rings is 1. The number of furan rings is 1. The van der Waals surface area contributed by atoms with E-state index in [9.17, 15) is 19.2 Å². The second-order valence-corrected chi connectivity index (χ2v) is 11.1. The van der Waals surface area contributed by atoms with Gasteiger partial charge in [0.1, 0.15) is 17.1 Å². The lowest BCUT2D eigenvalue weighted by atomic mass is 9.81. The van der Waals surface area contributed by atoms with E-state index in [2.05, 4.69) is 15.6 Å². The normalized spacial score (nSPS) is 16.6. The average molecular weight is 598 g/mol. The fourth-order valence-corrected chi connectivity index (χ4v) is 5.13. The van der Waals surface area contributed by atoms with Crippen LogP contribution in [-0.4, -0.2) is 79.8 Å². The Labute approximate surface area is 249 Å². The van der Waals surface area contributed by atoms with Crippen molar-refractivity contribution in [3.05, 3.63) is 52.9 Å². The van der Waals surface area contributed by atoms with Gasteiger partial charge < -0.3 is 29.6 Å². The summed E-state index contributed by atoms with van der Waals surface area (Å²) in [5.41, 5.74) is 1.29. The number of amides is 4. The van der Waals surface area contributed by atoms with Gasteiger partial charge in [-0.1, -0.05) is 17.7 Å². The minimum absolute atomic E-state index is 0.0689. The minimum atomic E-state index is -0.603. The summed E-state index contributed by atoms with van der Waals surface area (Å²) in [5, 5.41) is 6.53. The molecule has 1 fully saturated rings. The van der Waals surface area contributed by atoms with Crippen molar-refractivity contribution in [1.82, 2.24) is 14.8 Å². The Balaban J connectivity index is 1.60. The van der Waals surface area contributed by atoms with Gasteiger partial charge in [-0.3, -0.25) is 19.2 Å². The standard InChI is InChI=1S/C30H36ClN5O6/c1-35(2)30(40)20-8-6-19(7-9-20)28(38)34-26-22-15-18(16-25(37)36(3)13-14-41-4)5-11-23(22)42-27(26)29(39)33-24-12-10-21(31)17-32-24/h5,10-12,15,17,19-20H,6-9,13-14,16H2,1-4H3,(H,34,38)(H,32,33,39)/t19-,20-. The molecule has 0 unspecified atom stereocenters. The summed E-state index contributed by atoms with van der Waals surface area (Å²) < 4.78 is 11.0. The molecule has 1 saturated carbocycles. The van der Waals surface area contributed by atoms with E-state index < -0.39 is 5.91 Å². The van der Waals surface area contributed by atoms with Gasteiger partial charge in [-0.05, 0) is 55.5 Å². The topological polar surface area (TPSA) is 134 Å². The molecular weight excluding hydrogens is 562 g/mol. The predicted molar refractivity (Wildman–Crippen MR) is 159 cm³/mol. The van der Waals surface area contributed by atoms with Crippen molar-refractivity contribution in [3.63, 3.8) is 0 Å². The maximum atomic E-state index is 13.5. The molecule has 2 aromatic heterocycles. The summed E-state index contributed by atoms with van der Waals surface area (Å²) in [6.45, 7) is 0.876. The van der Waals surface area contributed by atoms with E-state index in [4.69, 9.17) is 20.8 Å². The zero-order valence-electron chi connectivity index (χ0n) is 24.2. The first-order chi connectivity index (χ1) is 20.1. The quantitative estimate of drug-likeness (QED) is 0.357. The smallest absolute Gasteiger partial charge is 0.294 e. The van der Waals surface area contributed by atoms with Crippen LogP contribution in [0.5, 0.6) is 0 Å². The lowest BCUT2D eigenvalue weighted by Crippen LogP contribution is -2.35. The molecule has 4 rings (SSSR count). The van der Waals surface area contributed by atoms with Crippen molar-refractivity contribution in [3.8, 4) is 0 Å². The number of methoxy groups -OCH3 is 1. The number of benzene rings is 1. The van der Waals surface area contributed by atoms with Gasteiger partial charge in [0.2, 0.25) is 23.5 Å². The van der Waals surface area contributed by atoms with Crippen LogP contribution in [0.4, 0.5) is 11.5 Å². The number of carbonyl (C=O) groups is 4. The summed E-state index contributed by atoms with van der Waals surface area (Å²) in [6, 6.07) is 8.33. The van der Waals surface area contributed by atoms with Crippen LogP contribution in [0.15, 0.2) is 40.9 Å². The molecule has 2 heterocycles. The minimum Gasteiger partial charge on any atom is -0.449 e. The monoisotopic (exact) mass is 597 g/mol. The van der Waals surface area contributed by atoms with Crippen LogP contribution in [-0.2, 0) is 25.5 Å². The number of nitrogens with zero attached hydrogens (tertiary/aromatic N) is 3. The zero-order valence-corrected chi connectivity index (χ0v) is 25.0. The van der Waals surface area contributed by atoms with Crippen molar-refractivity contribution in [2.45, 2.75) is 32.1 Å². The molecular formula is C30H36ClN5O6. The van der Waals surface area contributed by atoms with Crippen LogP contribution >= 0.6 is 11.6 Å². The molecule has 0 spiro atoms. The third kappa shape index (κ3) is 7.46. The van der Waals surface area contributed by atoms with E-state index >= 15 is 0 Å². The third-order valence-corrected chi connectivity index (χ3v) is 7.70. The van der Waals surface area contributed by atoms with Crippen molar-refractivity contribution < 1.29 is 28.3 Å². The zero-order chi connectivity index (χ0) is 30.4. The lowest BCUT2D eigenvalue weighted by Gasteiger charge is -2.28. The molecule has 12 heteroatoms. The van der Waals surface area contributed by atoms with Gasteiger partial charge in [-0.15, -0.1) is 0 Å². The Hall–Kier alpha value is -3.96. The van der Waals surface area contributed by atoms with Crippen LogP contribution < -0.4 is 10.6 Å². The molecule has 1 aromatic carbocycles. The number of likely N-dealkylation sites (N-methyl/N-ethyl adjacent to an activating group) is 1. The summed E-state index contributed by atoms with van der Waals surface area (Å²) in [6.07, 6.45) is 3.85. The average Bonchev–Trinajstić information content (AvgIpc) is 3.34. The molecule has 0 radical (unpaired) electrons. The molecule has 1 aliphatic rings. The number of carbonyl (C=O) groups excluding carboxylic acids is 4. The van der Waals surface area contributed by atoms with Crippen LogP contribution in [0.25, 0.3) is 11.0 Å². The number of nitrogens with one attached hydrogen (secondary N) is 2. The van der Waals surface area contributed by atoms with Crippen molar-refractivity contribution in [2.75, 3.05) is 52.0 Å². The Morgan fingerprint density at radius 3 is 2.38 bits per heavy atom. The SMILES string of the molecule is COCCN(C)C(=O)Cc1ccc2oc(C(=O)Nc3ccc(Cl)cn3)c(NC(=O)[C@H]3CC[C@H](C(=O)N(C)C)CC3)c2c1. The van der Waals surface area contributed by atoms with E-state index in [1.165, 1.54) is 6.20 Å². The number of anilines is 2. The van der Waals surface area contributed by atoms with Crippen molar-refractivity contribution in [1.29, 1.82) is 0 Å². The fraction of sp³-hybridized carbons (Fsp3) is 0.433. The highest BCUT2D eigenvalue weighted by atomic mass is 35.5. The number of rotatable bonds is 10. The molecule has 11 nitrogen and oxygen atoms in total. The lowest BCUT2D eigenvalue weighted by molar-refractivity contribution is -0.135. The van der Waals surface area contributed by atoms with Crippen molar-refractivity contribution in [2.24, 2.45) is 11.8 Å². The summed E-state index contributed by atoms with van der Waals surface area (Å²) in [4.78, 5) is 59.2. The highest BCUT2D eigenvalue weighted by molar-refractivity contribution is 6.30. The number of hydrogen-bond acceptors (Lipinski definition) is 7. The summed E-state index contributed by atoms with van der Waals surface area (Å²) >= 11 is 5.92. The Morgan fingerprint density at radius 1 is 1.02 bits per heavy atom. The van der Waals surface area contributed by atoms with Gasteiger partial charge in [0.05, 0.1) is 18.1 Å². The van der Waals surface area contributed by atoms with Crippen LogP contribution in [0.3, 0.4) is 0 Å². The summed E-state index contributed by atoms with van der Waals surface area (Å²) in [5.74, 6) is -1.15. The first-order valence-corrected chi connectivity index (χ1v) is 14.2. The van der Waals surface area contributed by atoms with Crippen LogP contribution in [0.2, 0.25) is 5.02 Å². The Kier molecular flexibility index (Phi) is 10.2. The molecule has 3 aromatic rings. The molecule has 4 amide bonds. The molecule has 0 aliphatic heterocycles. The molecule has 224 valence electrons. The second kappa shape index (κ2) is 13.8. The first-order valence-electron chi connectivity index (χ1n) is 13.8. The predicted octanol–water partition coefficient (Wildman–Crippen LogP) is 4.21. The van der Waals surface area contributed by atoms with Gasteiger partial charge in [-0.25, -0.2) is 4.98 Å². The highest BCUT2D eigenvalue weighted by Crippen LogP contribution is 2.35. The van der Waals surface area contributed by atoms with Gasteiger partial charge in [0.15, 0.2) is 0 Å². The first kappa shape index (κ1) is 31.0. The van der Waals surface area contributed by atoms with E-state index in [0.29, 0.717) is 60.4 Å². The molecule has 1 aliphatic carbocycles. The number of fused-ring (bicyclic) bond motifs is 1. The van der Waals surface area contributed by atoms with Crippen LogP contribution in [0.1, 0.15) is 41.8 Å². The number of hydrogen-bond donors (Lipinski definition) is 2. The van der Waals surface area contributed by atoms with Crippen LogP contribution in [0, 0.1) is 11.8 Å². The number of aromatic nitrogens is 1. The maximum Gasteiger partial charge on any atom is 0.294 e. The van der Waals surface area contributed by atoms with E-state index in [0.717, 1.165) is 0 Å².